The number of piperidine rings is 1. The third kappa shape index (κ3) is 4.56. The van der Waals surface area contributed by atoms with Gasteiger partial charge in [-0.25, -0.2) is 4.79 Å². The maximum atomic E-state index is 13.3. The molecule has 0 radical (unpaired) electrons. The van der Waals surface area contributed by atoms with Crippen molar-refractivity contribution in [2.24, 2.45) is 18.7 Å². The van der Waals surface area contributed by atoms with Crippen molar-refractivity contribution in [2.75, 3.05) is 18.0 Å². The maximum Gasteiger partial charge on any atom is 0.332 e. The summed E-state index contributed by atoms with van der Waals surface area (Å²) in [6, 6.07) is 0.0943. The lowest BCUT2D eigenvalue weighted by Crippen LogP contribution is -2.44. The molecule has 1 saturated heterocycles. The van der Waals surface area contributed by atoms with E-state index in [-0.39, 0.29) is 17.3 Å². The number of rotatable bonds is 6. The highest BCUT2D eigenvalue weighted by molar-refractivity contribution is 5.75. The van der Waals surface area contributed by atoms with Gasteiger partial charge in [-0.15, -0.1) is 0 Å². The summed E-state index contributed by atoms with van der Waals surface area (Å²) in [5.74, 6) is 1.40. The molecule has 2 aromatic heterocycles. The summed E-state index contributed by atoms with van der Waals surface area (Å²) in [6.07, 6.45) is 11.4. The topological polar surface area (TPSA) is 91.1 Å². The van der Waals surface area contributed by atoms with E-state index in [1.807, 2.05) is 18.4 Å². The highest BCUT2D eigenvalue weighted by atomic mass is 16.2. The number of fused-ring (bicyclic) bond motifs is 1. The van der Waals surface area contributed by atoms with E-state index in [0.29, 0.717) is 36.7 Å². The van der Waals surface area contributed by atoms with E-state index < -0.39 is 0 Å². The highest BCUT2D eigenvalue weighted by Crippen LogP contribution is 2.28. The van der Waals surface area contributed by atoms with Gasteiger partial charge in [0.05, 0.1) is 0 Å². The van der Waals surface area contributed by atoms with Crippen molar-refractivity contribution in [1.29, 1.82) is 0 Å². The van der Waals surface area contributed by atoms with Crippen LogP contribution in [0.1, 0.15) is 65.2 Å². The first-order valence-corrected chi connectivity index (χ1v) is 12.2. The zero-order chi connectivity index (χ0) is 22.8. The van der Waals surface area contributed by atoms with Crippen molar-refractivity contribution in [3.05, 3.63) is 32.5 Å². The Kier molecular flexibility index (Phi) is 6.88. The maximum absolute atomic E-state index is 13.3. The van der Waals surface area contributed by atoms with Crippen LogP contribution >= 0.6 is 0 Å². The average Bonchev–Trinajstić information content (AvgIpc) is 3.16. The lowest BCUT2D eigenvalue weighted by Gasteiger charge is -2.31. The number of hydrogen-bond acceptors (Lipinski definition) is 5. The molecule has 2 fully saturated rings. The Balaban J connectivity index is 1.82. The molecule has 0 bridgehead atoms. The van der Waals surface area contributed by atoms with Crippen LogP contribution in [0.3, 0.4) is 0 Å². The van der Waals surface area contributed by atoms with Crippen molar-refractivity contribution in [3.8, 4) is 0 Å². The number of aryl methyl sites for hydroxylation is 1. The van der Waals surface area contributed by atoms with Crippen molar-refractivity contribution in [2.45, 2.75) is 84.3 Å². The molecule has 1 atom stereocenters. The molecule has 1 unspecified atom stereocenters. The summed E-state index contributed by atoms with van der Waals surface area (Å²) in [6.45, 7) is 6.83. The second-order valence-corrected chi connectivity index (χ2v) is 9.92. The number of nitrogens with two attached hydrogens (primary N) is 1. The van der Waals surface area contributed by atoms with Gasteiger partial charge in [0, 0.05) is 39.3 Å². The molecule has 0 spiro atoms. The van der Waals surface area contributed by atoms with Crippen LogP contribution in [0.2, 0.25) is 0 Å². The van der Waals surface area contributed by atoms with Gasteiger partial charge in [-0.2, -0.15) is 4.98 Å². The first-order chi connectivity index (χ1) is 15.4. The minimum atomic E-state index is -0.277. The van der Waals surface area contributed by atoms with Crippen LogP contribution < -0.4 is 21.9 Å². The second kappa shape index (κ2) is 9.65. The van der Waals surface area contributed by atoms with Crippen LogP contribution in [0, 0.1) is 5.92 Å². The van der Waals surface area contributed by atoms with Gasteiger partial charge in [0.15, 0.2) is 11.2 Å². The van der Waals surface area contributed by atoms with E-state index in [4.69, 9.17) is 10.7 Å². The molecule has 8 nitrogen and oxygen atoms in total. The quantitative estimate of drug-likeness (QED) is 0.695. The first-order valence-electron chi connectivity index (χ1n) is 12.2. The largest absolute Gasteiger partial charge is 0.341 e. The average molecular weight is 443 g/mol. The molecule has 0 amide bonds. The van der Waals surface area contributed by atoms with Crippen LogP contribution in [0.25, 0.3) is 11.2 Å². The van der Waals surface area contributed by atoms with Crippen molar-refractivity contribution in [1.82, 2.24) is 18.7 Å². The van der Waals surface area contributed by atoms with Crippen LogP contribution in [-0.4, -0.2) is 37.8 Å². The van der Waals surface area contributed by atoms with Crippen molar-refractivity contribution in [3.63, 3.8) is 0 Å². The van der Waals surface area contributed by atoms with Crippen molar-refractivity contribution < 1.29 is 0 Å². The van der Waals surface area contributed by atoms with Gasteiger partial charge in [-0.05, 0) is 39.0 Å². The van der Waals surface area contributed by atoms with E-state index >= 15 is 0 Å². The minimum absolute atomic E-state index is 0.0943. The van der Waals surface area contributed by atoms with E-state index in [2.05, 4.69) is 11.0 Å². The Labute approximate surface area is 189 Å². The Morgan fingerprint density at radius 1 is 1.09 bits per heavy atom. The molecule has 8 heteroatoms. The summed E-state index contributed by atoms with van der Waals surface area (Å²) < 4.78 is 4.96. The number of anilines is 1. The SMILES string of the molecule is CC(C)=CCn1c(N2CCCC(N)C2)nc2c1c(=O)n(C)c(=O)n2CCC1CCCCC1. The van der Waals surface area contributed by atoms with E-state index in [1.54, 1.807) is 11.6 Å². The zero-order valence-corrected chi connectivity index (χ0v) is 19.8. The molecule has 1 aliphatic heterocycles. The molecule has 0 aromatic carbocycles. The number of hydrogen-bond donors (Lipinski definition) is 1. The summed E-state index contributed by atoms with van der Waals surface area (Å²) in [7, 11) is 1.58. The van der Waals surface area contributed by atoms with E-state index in [9.17, 15) is 9.59 Å². The number of aromatic nitrogens is 4. The fraction of sp³-hybridized carbons (Fsp3) is 0.708. The fourth-order valence-corrected chi connectivity index (χ4v) is 5.21. The molecule has 2 aliphatic rings. The molecule has 176 valence electrons. The van der Waals surface area contributed by atoms with Gasteiger partial charge in [0.1, 0.15) is 0 Å². The summed E-state index contributed by atoms with van der Waals surface area (Å²) in [5, 5.41) is 0. The van der Waals surface area contributed by atoms with Gasteiger partial charge in [0.2, 0.25) is 5.95 Å². The molecule has 1 aliphatic carbocycles. The molecule has 1 saturated carbocycles. The number of nitrogens with zero attached hydrogens (tertiary/aromatic N) is 5. The molecular weight excluding hydrogens is 404 g/mol. The fourth-order valence-electron chi connectivity index (χ4n) is 5.21. The smallest absolute Gasteiger partial charge is 0.332 e. The minimum Gasteiger partial charge on any atom is -0.341 e. The molecular formula is C24H38N6O2. The molecule has 2 aromatic rings. The predicted octanol–water partition coefficient (Wildman–Crippen LogP) is 2.76. The zero-order valence-electron chi connectivity index (χ0n) is 19.8. The summed E-state index contributed by atoms with van der Waals surface area (Å²) in [5.41, 5.74) is 7.92. The van der Waals surface area contributed by atoms with Crippen LogP contribution in [-0.2, 0) is 20.1 Å². The van der Waals surface area contributed by atoms with Gasteiger partial charge < -0.3 is 15.2 Å². The van der Waals surface area contributed by atoms with Crippen LogP contribution in [0.4, 0.5) is 5.95 Å². The van der Waals surface area contributed by atoms with Gasteiger partial charge in [-0.1, -0.05) is 43.8 Å². The Hall–Kier alpha value is -2.35. The summed E-state index contributed by atoms with van der Waals surface area (Å²) in [4.78, 5) is 33.5. The Morgan fingerprint density at radius 3 is 2.53 bits per heavy atom. The number of imidazole rings is 1. The normalized spacial score (nSPS) is 20.1. The third-order valence-corrected chi connectivity index (χ3v) is 7.12. The van der Waals surface area contributed by atoms with Crippen molar-refractivity contribution >= 4 is 17.1 Å². The summed E-state index contributed by atoms with van der Waals surface area (Å²) >= 11 is 0. The predicted molar refractivity (Wildman–Crippen MR) is 129 cm³/mol. The van der Waals surface area contributed by atoms with E-state index in [1.165, 1.54) is 42.2 Å². The monoisotopic (exact) mass is 442 g/mol. The van der Waals surface area contributed by atoms with E-state index in [0.717, 1.165) is 31.8 Å². The highest BCUT2D eigenvalue weighted by Gasteiger charge is 2.26. The van der Waals surface area contributed by atoms with Crippen LogP contribution in [0.5, 0.6) is 0 Å². The Morgan fingerprint density at radius 2 is 1.84 bits per heavy atom. The standard InChI is InChI=1S/C24H38N6O2/c1-17(2)11-14-29-20-21(26-23(29)28-13-7-10-19(25)16-28)30(24(32)27(3)22(20)31)15-12-18-8-5-4-6-9-18/h11,18-19H,4-10,12-16,25H2,1-3H3. The van der Waals surface area contributed by atoms with Crippen LogP contribution in [0.15, 0.2) is 21.2 Å². The van der Waals surface area contributed by atoms with Gasteiger partial charge in [-0.3, -0.25) is 13.9 Å². The molecule has 32 heavy (non-hydrogen) atoms. The lowest BCUT2D eigenvalue weighted by atomic mass is 9.87. The first kappa shape index (κ1) is 22.8. The van der Waals surface area contributed by atoms with Gasteiger partial charge >= 0.3 is 5.69 Å². The lowest BCUT2D eigenvalue weighted by molar-refractivity contribution is 0.322. The molecule has 2 N–H and O–H groups in total. The Bertz CT molecular complexity index is 1100. The number of allylic oxidation sites excluding steroid dienone is 2. The molecule has 3 heterocycles. The molecule has 4 rings (SSSR count). The van der Waals surface area contributed by atoms with Gasteiger partial charge in [0.25, 0.3) is 5.56 Å². The second-order valence-electron chi connectivity index (χ2n) is 9.92. The third-order valence-electron chi connectivity index (χ3n) is 7.12.